The highest BCUT2D eigenvalue weighted by molar-refractivity contribution is 7.80. The molecule has 1 heterocycles. The van der Waals surface area contributed by atoms with E-state index in [0.29, 0.717) is 17.3 Å². The van der Waals surface area contributed by atoms with Crippen molar-refractivity contribution in [2.45, 2.75) is 39.2 Å². The molecule has 0 aliphatic carbocycles. The minimum absolute atomic E-state index is 0.304. The van der Waals surface area contributed by atoms with Crippen molar-refractivity contribution in [2.75, 3.05) is 13.7 Å². The highest BCUT2D eigenvalue weighted by Crippen LogP contribution is 2.09. The molecule has 96 valence electrons. The number of unbranched alkanes of at least 4 members (excludes halogenated alkanes) is 2. The zero-order valence-electron chi connectivity index (χ0n) is 10.5. The van der Waals surface area contributed by atoms with E-state index in [0.717, 1.165) is 25.1 Å². The van der Waals surface area contributed by atoms with Gasteiger partial charge in [-0.05, 0) is 6.42 Å². The maximum absolute atomic E-state index is 5.63. The zero-order chi connectivity index (χ0) is 12.7. The number of nitrogens with two attached hydrogens (primary N) is 1. The first kappa shape index (κ1) is 14.1. The molecule has 0 aliphatic rings. The Bertz CT molecular complexity index is 364. The van der Waals surface area contributed by atoms with Crippen LogP contribution in [-0.4, -0.2) is 33.7 Å². The van der Waals surface area contributed by atoms with E-state index in [1.165, 1.54) is 12.8 Å². The number of methoxy groups -OCH3 is 1. The average Bonchev–Trinajstić information content (AvgIpc) is 2.70. The molecule has 0 spiro atoms. The van der Waals surface area contributed by atoms with E-state index >= 15 is 0 Å². The number of aryl methyl sites for hydroxylation is 1. The molecule has 0 aliphatic heterocycles. The highest BCUT2D eigenvalue weighted by Gasteiger charge is 2.14. The molecule has 1 rings (SSSR count). The molecule has 0 radical (unpaired) electrons. The largest absolute Gasteiger partial charge is 0.388 e. The topological polar surface area (TPSA) is 66.0 Å². The second-order valence-electron chi connectivity index (χ2n) is 3.92. The van der Waals surface area contributed by atoms with Crippen molar-refractivity contribution in [2.24, 2.45) is 5.73 Å². The Hall–Kier alpha value is -1.01. The number of thiocarbonyl (C=S) groups is 1. The van der Waals surface area contributed by atoms with Crippen LogP contribution in [0.15, 0.2) is 0 Å². The van der Waals surface area contributed by atoms with Gasteiger partial charge in [-0.2, -0.15) is 0 Å². The summed E-state index contributed by atoms with van der Waals surface area (Å²) >= 11 is 4.97. The van der Waals surface area contributed by atoms with Crippen molar-refractivity contribution in [1.29, 1.82) is 0 Å². The molecule has 2 N–H and O–H groups in total. The van der Waals surface area contributed by atoms with Crippen LogP contribution < -0.4 is 5.73 Å². The van der Waals surface area contributed by atoms with E-state index in [9.17, 15) is 0 Å². The van der Waals surface area contributed by atoms with Gasteiger partial charge < -0.3 is 10.5 Å². The Morgan fingerprint density at radius 2 is 2.24 bits per heavy atom. The smallest absolute Gasteiger partial charge is 0.143 e. The van der Waals surface area contributed by atoms with E-state index in [1.807, 2.05) is 4.68 Å². The van der Waals surface area contributed by atoms with Gasteiger partial charge in [-0.25, -0.2) is 4.68 Å². The van der Waals surface area contributed by atoms with Gasteiger partial charge in [-0.15, -0.1) is 5.10 Å². The summed E-state index contributed by atoms with van der Waals surface area (Å²) in [6.45, 7) is 3.66. The van der Waals surface area contributed by atoms with E-state index in [4.69, 9.17) is 22.7 Å². The first-order chi connectivity index (χ1) is 8.20. The number of rotatable bonds is 8. The quantitative estimate of drug-likeness (QED) is 0.561. The first-order valence-electron chi connectivity index (χ1n) is 5.91. The molecule has 17 heavy (non-hydrogen) atoms. The van der Waals surface area contributed by atoms with Crippen molar-refractivity contribution >= 4 is 17.2 Å². The standard InChI is InChI=1S/C11H20N4OS/c1-3-4-5-7-15-9(6-8-16-2)10(11(12)17)13-14-15/h3-8H2,1-2H3,(H2,12,17). The molecule has 6 heteroatoms. The van der Waals surface area contributed by atoms with Gasteiger partial charge in [0.1, 0.15) is 10.7 Å². The summed E-state index contributed by atoms with van der Waals surface area (Å²) in [5.41, 5.74) is 7.24. The number of nitrogens with zero attached hydrogens (tertiary/aromatic N) is 3. The van der Waals surface area contributed by atoms with Crippen molar-refractivity contribution < 1.29 is 4.74 Å². The maximum atomic E-state index is 5.63. The lowest BCUT2D eigenvalue weighted by molar-refractivity contribution is 0.200. The van der Waals surface area contributed by atoms with E-state index < -0.39 is 0 Å². The van der Waals surface area contributed by atoms with E-state index in [2.05, 4.69) is 17.2 Å². The van der Waals surface area contributed by atoms with Crippen LogP contribution in [0.5, 0.6) is 0 Å². The van der Waals surface area contributed by atoms with Crippen LogP contribution >= 0.6 is 12.2 Å². The van der Waals surface area contributed by atoms with Crippen molar-refractivity contribution in [3.63, 3.8) is 0 Å². The van der Waals surface area contributed by atoms with Crippen molar-refractivity contribution in [3.8, 4) is 0 Å². The molecule has 0 saturated heterocycles. The molecule has 0 atom stereocenters. The lowest BCUT2D eigenvalue weighted by Gasteiger charge is -2.06. The Labute approximate surface area is 107 Å². The summed E-state index contributed by atoms with van der Waals surface area (Å²) in [5.74, 6) is 0. The van der Waals surface area contributed by atoms with Crippen LogP contribution in [0.2, 0.25) is 0 Å². The summed E-state index contributed by atoms with van der Waals surface area (Å²) in [7, 11) is 1.67. The van der Waals surface area contributed by atoms with Crippen LogP contribution in [-0.2, 0) is 17.7 Å². The molecule has 0 fully saturated rings. The first-order valence-corrected chi connectivity index (χ1v) is 6.32. The maximum Gasteiger partial charge on any atom is 0.143 e. The van der Waals surface area contributed by atoms with Crippen LogP contribution in [0.1, 0.15) is 37.6 Å². The van der Waals surface area contributed by atoms with Crippen LogP contribution in [0.25, 0.3) is 0 Å². The Kier molecular flexibility index (Phi) is 6.07. The van der Waals surface area contributed by atoms with Gasteiger partial charge in [0.2, 0.25) is 0 Å². The fourth-order valence-electron chi connectivity index (χ4n) is 1.66. The SMILES string of the molecule is CCCCCn1nnc(C(N)=S)c1CCOC. The van der Waals surface area contributed by atoms with Crippen molar-refractivity contribution in [1.82, 2.24) is 15.0 Å². The molecule has 0 aromatic carbocycles. The second-order valence-corrected chi connectivity index (χ2v) is 4.36. The summed E-state index contributed by atoms with van der Waals surface area (Å²) < 4.78 is 6.97. The molecule has 0 amide bonds. The molecule has 5 nitrogen and oxygen atoms in total. The third kappa shape index (κ3) is 4.05. The Morgan fingerprint density at radius 3 is 2.82 bits per heavy atom. The Morgan fingerprint density at radius 1 is 1.47 bits per heavy atom. The third-order valence-corrected chi connectivity index (χ3v) is 2.78. The predicted molar refractivity (Wildman–Crippen MR) is 71.0 cm³/mol. The molecule has 0 bridgehead atoms. The minimum atomic E-state index is 0.304. The molecule has 1 aromatic rings. The van der Waals surface area contributed by atoms with Crippen molar-refractivity contribution in [3.05, 3.63) is 11.4 Å². The molecular formula is C11H20N4OS. The number of aromatic nitrogens is 3. The minimum Gasteiger partial charge on any atom is -0.388 e. The fraction of sp³-hybridized carbons (Fsp3) is 0.727. The van der Waals surface area contributed by atoms with Gasteiger partial charge in [-0.1, -0.05) is 37.2 Å². The van der Waals surface area contributed by atoms with Gasteiger partial charge in [0.05, 0.1) is 12.3 Å². The molecule has 1 aromatic heterocycles. The normalized spacial score (nSPS) is 10.7. The lowest BCUT2D eigenvalue weighted by atomic mass is 10.2. The summed E-state index contributed by atoms with van der Waals surface area (Å²) in [4.78, 5) is 0.304. The van der Waals surface area contributed by atoms with Gasteiger partial charge >= 0.3 is 0 Å². The summed E-state index contributed by atoms with van der Waals surface area (Å²) in [5, 5.41) is 8.14. The van der Waals surface area contributed by atoms with Gasteiger partial charge in [0.25, 0.3) is 0 Å². The van der Waals surface area contributed by atoms with Gasteiger partial charge in [0.15, 0.2) is 0 Å². The number of hydrogen-bond acceptors (Lipinski definition) is 4. The molecule has 0 unspecified atom stereocenters. The summed E-state index contributed by atoms with van der Waals surface area (Å²) in [6.07, 6.45) is 4.20. The van der Waals surface area contributed by atoms with Crippen LogP contribution in [0.4, 0.5) is 0 Å². The highest BCUT2D eigenvalue weighted by atomic mass is 32.1. The van der Waals surface area contributed by atoms with Crippen LogP contribution in [0, 0.1) is 0 Å². The Balaban J connectivity index is 2.76. The fourth-order valence-corrected chi connectivity index (χ4v) is 1.82. The van der Waals surface area contributed by atoms with Gasteiger partial charge in [0, 0.05) is 20.1 Å². The van der Waals surface area contributed by atoms with Crippen LogP contribution in [0.3, 0.4) is 0 Å². The summed E-state index contributed by atoms with van der Waals surface area (Å²) in [6, 6.07) is 0. The average molecular weight is 256 g/mol. The lowest BCUT2D eigenvalue weighted by Crippen LogP contribution is -2.15. The zero-order valence-corrected chi connectivity index (χ0v) is 11.3. The number of hydrogen-bond donors (Lipinski definition) is 1. The third-order valence-electron chi connectivity index (χ3n) is 2.59. The van der Waals surface area contributed by atoms with Gasteiger partial charge in [-0.3, -0.25) is 0 Å². The van der Waals surface area contributed by atoms with E-state index in [-0.39, 0.29) is 0 Å². The molecular weight excluding hydrogens is 236 g/mol. The number of ether oxygens (including phenoxy) is 1. The van der Waals surface area contributed by atoms with E-state index in [1.54, 1.807) is 7.11 Å². The second kappa shape index (κ2) is 7.34. The molecule has 0 saturated carbocycles. The monoisotopic (exact) mass is 256 g/mol. The predicted octanol–water partition coefficient (Wildman–Crippen LogP) is 1.29.